The summed E-state index contributed by atoms with van der Waals surface area (Å²) >= 11 is 0. The minimum atomic E-state index is -1.18. The van der Waals surface area contributed by atoms with E-state index in [1.807, 2.05) is 32.0 Å². The van der Waals surface area contributed by atoms with Crippen LogP contribution in [0.4, 0.5) is 0 Å². The third-order valence-electron chi connectivity index (χ3n) is 4.37. The van der Waals surface area contributed by atoms with Crippen LogP contribution in [0.5, 0.6) is 17.2 Å². The predicted octanol–water partition coefficient (Wildman–Crippen LogP) is 2.84. The Bertz CT molecular complexity index is 795. The summed E-state index contributed by atoms with van der Waals surface area (Å²) in [6, 6.07) is 9.04. The summed E-state index contributed by atoms with van der Waals surface area (Å²) in [7, 11) is 3.21. The summed E-state index contributed by atoms with van der Waals surface area (Å²) in [4.78, 5) is 4.48. The summed E-state index contributed by atoms with van der Waals surface area (Å²) in [6.07, 6.45) is 0.762. The number of benzene rings is 1. The van der Waals surface area contributed by atoms with Crippen LogP contribution in [-0.2, 0) is 5.60 Å². The number of aliphatic imine (C=N–C) groups is 1. The second-order valence-electron chi connectivity index (χ2n) is 7.06. The van der Waals surface area contributed by atoms with Gasteiger partial charge in [-0.05, 0) is 39.3 Å². The van der Waals surface area contributed by atoms with E-state index in [0.717, 1.165) is 12.2 Å². The molecule has 2 aromatic rings. The van der Waals surface area contributed by atoms with Crippen molar-refractivity contribution in [1.29, 1.82) is 0 Å². The molecule has 0 aliphatic carbocycles. The number of aryl methyl sites for hydroxylation is 1. The van der Waals surface area contributed by atoms with Crippen LogP contribution < -0.4 is 24.8 Å². The van der Waals surface area contributed by atoms with E-state index in [2.05, 4.69) is 15.6 Å². The molecular formula is C22H33N3O5. The quantitative estimate of drug-likeness (QED) is 0.293. The fourth-order valence-electron chi connectivity index (χ4n) is 2.71. The maximum atomic E-state index is 10.6. The minimum absolute atomic E-state index is 0.176. The molecule has 0 saturated carbocycles. The van der Waals surface area contributed by atoms with Crippen LogP contribution in [0.15, 0.2) is 39.7 Å². The van der Waals surface area contributed by atoms with Gasteiger partial charge in [-0.25, -0.2) is 4.99 Å². The number of rotatable bonds is 11. The molecule has 0 aliphatic heterocycles. The topological polar surface area (TPSA) is 97.5 Å². The van der Waals surface area contributed by atoms with Crippen molar-refractivity contribution in [2.45, 2.75) is 32.8 Å². The molecule has 0 saturated heterocycles. The molecule has 1 unspecified atom stereocenters. The first-order chi connectivity index (χ1) is 14.4. The van der Waals surface area contributed by atoms with Gasteiger partial charge in [-0.15, -0.1) is 0 Å². The van der Waals surface area contributed by atoms with Crippen molar-refractivity contribution >= 4 is 5.96 Å². The highest BCUT2D eigenvalue weighted by atomic mass is 16.5. The zero-order chi connectivity index (χ0) is 22.0. The first-order valence-electron chi connectivity index (χ1n) is 10.0. The predicted molar refractivity (Wildman–Crippen MR) is 117 cm³/mol. The standard InChI is InChI=1S/C22H33N3O5/c1-6-23-21(25-15-22(3,26)20-9-8-16(2)30-20)24-10-7-11-29-19-13-17(27-4)12-18(14-19)28-5/h8-9,12-14,26H,6-7,10-11,15H2,1-5H3,(H2,23,24,25). The van der Waals surface area contributed by atoms with Crippen molar-refractivity contribution < 1.29 is 23.7 Å². The molecule has 3 N–H and O–H groups in total. The fourth-order valence-corrected chi connectivity index (χ4v) is 2.71. The van der Waals surface area contributed by atoms with Crippen molar-refractivity contribution in [2.75, 3.05) is 40.5 Å². The second-order valence-corrected chi connectivity index (χ2v) is 7.06. The summed E-state index contributed by atoms with van der Waals surface area (Å²) in [5, 5.41) is 17.1. The Labute approximate surface area is 178 Å². The number of aliphatic hydroxyl groups is 1. The largest absolute Gasteiger partial charge is 0.496 e. The Morgan fingerprint density at radius 3 is 2.33 bits per heavy atom. The SMILES string of the molecule is CCNC(=NCC(C)(O)c1ccc(C)o1)NCCCOc1cc(OC)cc(OC)c1. The first kappa shape index (κ1) is 23.4. The van der Waals surface area contributed by atoms with Crippen LogP contribution in [0.1, 0.15) is 31.8 Å². The monoisotopic (exact) mass is 419 g/mol. The number of nitrogens with zero attached hydrogens (tertiary/aromatic N) is 1. The van der Waals surface area contributed by atoms with Crippen molar-refractivity contribution in [1.82, 2.24) is 10.6 Å². The highest BCUT2D eigenvalue weighted by Gasteiger charge is 2.26. The van der Waals surface area contributed by atoms with Crippen molar-refractivity contribution in [3.8, 4) is 17.2 Å². The Hall–Kier alpha value is -2.87. The Morgan fingerprint density at radius 2 is 1.77 bits per heavy atom. The van der Waals surface area contributed by atoms with E-state index in [0.29, 0.717) is 48.7 Å². The molecule has 1 atom stereocenters. The number of ether oxygens (including phenoxy) is 3. The van der Waals surface area contributed by atoms with Crippen LogP contribution in [0.25, 0.3) is 0 Å². The van der Waals surface area contributed by atoms with Crippen molar-refractivity contribution in [2.24, 2.45) is 4.99 Å². The maximum absolute atomic E-state index is 10.6. The third-order valence-corrected chi connectivity index (χ3v) is 4.37. The van der Waals surface area contributed by atoms with Crippen LogP contribution >= 0.6 is 0 Å². The minimum Gasteiger partial charge on any atom is -0.496 e. The van der Waals surface area contributed by atoms with E-state index >= 15 is 0 Å². The number of nitrogens with one attached hydrogen (secondary N) is 2. The van der Waals surface area contributed by atoms with Gasteiger partial charge in [-0.2, -0.15) is 0 Å². The highest BCUT2D eigenvalue weighted by molar-refractivity contribution is 5.79. The molecule has 1 heterocycles. The Kier molecular flexibility index (Phi) is 8.86. The van der Waals surface area contributed by atoms with Crippen LogP contribution in [0, 0.1) is 6.92 Å². The summed E-state index contributed by atoms with van der Waals surface area (Å²) in [5.41, 5.74) is -1.18. The van der Waals surface area contributed by atoms with E-state index in [9.17, 15) is 5.11 Å². The van der Waals surface area contributed by atoms with Gasteiger partial charge in [-0.1, -0.05) is 0 Å². The zero-order valence-electron chi connectivity index (χ0n) is 18.4. The van der Waals surface area contributed by atoms with Crippen molar-refractivity contribution in [3.05, 3.63) is 41.9 Å². The average molecular weight is 420 g/mol. The molecule has 1 aromatic carbocycles. The second kappa shape index (κ2) is 11.3. The first-order valence-corrected chi connectivity index (χ1v) is 10.0. The smallest absolute Gasteiger partial charge is 0.191 e. The number of methoxy groups -OCH3 is 2. The lowest BCUT2D eigenvalue weighted by Gasteiger charge is -2.19. The average Bonchev–Trinajstić information content (AvgIpc) is 3.18. The van der Waals surface area contributed by atoms with Gasteiger partial charge in [0.25, 0.3) is 0 Å². The van der Waals surface area contributed by atoms with Gasteiger partial charge in [0.05, 0.1) is 27.4 Å². The number of hydrogen-bond acceptors (Lipinski definition) is 6. The van der Waals surface area contributed by atoms with Gasteiger partial charge in [0.2, 0.25) is 0 Å². The number of guanidine groups is 1. The summed E-state index contributed by atoms with van der Waals surface area (Å²) in [5.74, 6) is 3.95. The molecule has 1 aromatic heterocycles. The van der Waals surface area contributed by atoms with E-state index in [4.69, 9.17) is 18.6 Å². The lowest BCUT2D eigenvalue weighted by Crippen LogP contribution is -2.39. The lowest BCUT2D eigenvalue weighted by atomic mass is 10.0. The van der Waals surface area contributed by atoms with Gasteiger partial charge in [0.1, 0.15) is 34.4 Å². The van der Waals surface area contributed by atoms with E-state index < -0.39 is 5.60 Å². The Balaban J connectivity index is 1.82. The van der Waals surface area contributed by atoms with Crippen molar-refractivity contribution in [3.63, 3.8) is 0 Å². The van der Waals surface area contributed by atoms with E-state index in [-0.39, 0.29) is 6.54 Å². The number of hydrogen-bond donors (Lipinski definition) is 3. The van der Waals surface area contributed by atoms with Gasteiger partial charge >= 0.3 is 0 Å². The summed E-state index contributed by atoms with van der Waals surface area (Å²) in [6.45, 7) is 7.60. The van der Waals surface area contributed by atoms with E-state index in [1.54, 1.807) is 33.3 Å². The van der Waals surface area contributed by atoms with Gasteiger partial charge in [-0.3, -0.25) is 0 Å². The molecule has 166 valence electrons. The van der Waals surface area contributed by atoms with Gasteiger partial charge in [0, 0.05) is 31.3 Å². The van der Waals surface area contributed by atoms with E-state index in [1.165, 1.54) is 0 Å². The van der Waals surface area contributed by atoms with Gasteiger partial charge < -0.3 is 34.4 Å². The molecule has 0 bridgehead atoms. The van der Waals surface area contributed by atoms with Crippen LogP contribution in [-0.4, -0.2) is 51.5 Å². The normalized spacial score (nSPS) is 13.5. The fraction of sp³-hybridized carbons (Fsp3) is 0.500. The molecule has 30 heavy (non-hydrogen) atoms. The third kappa shape index (κ3) is 7.18. The highest BCUT2D eigenvalue weighted by Crippen LogP contribution is 2.27. The van der Waals surface area contributed by atoms with Crippen LogP contribution in [0.2, 0.25) is 0 Å². The molecule has 8 heteroatoms. The molecule has 0 radical (unpaired) electrons. The Morgan fingerprint density at radius 1 is 1.10 bits per heavy atom. The summed E-state index contributed by atoms with van der Waals surface area (Å²) < 4.78 is 21.8. The zero-order valence-corrected chi connectivity index (χ0v) is 18.4. The number of furan rings is 1. The molecule has 0 amide bonds. The maximum Gasteiger partial charge on any atom is 0.191 e. The molecule has 0 aliphatic rings. The molecule has 2 rings (SSSR count). The van der Waals surface area contributed by atoms with Crippen LogP contribution in [0.3, 0.4) is 0 Å². The molecule has 0 fully saturated rings. The lowest BCUT2D eigenvalue weighted by molar-refractivity contribution is 0.0428. The molecule has 8 nitrogen and oxygen atoms in total. The molecule has 0 spiro atoms. The van der Waals surface area contributed by atoms with Gasteiger partial charge in [0.15, 0.2) is 5.96 Å². The molecular weight excluding hydrogens is 386 g/mol.